The number of nitrogens with zero attached hydrogens (tertiary/aromatic N) is 1. The Morgan fingerprint density at radius 1 is 1.38 bits per heavy atom. The Balaban J connectivity index is 2.49. The number of nitrogens with one attached hydrogen (secondary N) is 1. The van der Waals surface area contributed by atoms with E-state index >= 15 is 0 Å². The van der Waals surface area contributed by atoms with Gasteiger partial charge in [0.05, 0.1) is 11.6 Å². The lowest BCUT2D eigenvalue weighted by atomic mass is 10.2. The van der Waals surface area contributed by atoms with Crippen molar-refractivity contribution in [3.8, 4) is 17.1 Å². The SMILES string of the molecule is COc1ccc(-c2nccc(=O)[nH]2)cc1Br. The molecule has 2 rings (SSSR count). The van der Waals surface area contributed by atoms with Gasteiger partial charge in [-0.3, -0.25) is 4.79 Å². The van der Waals surface area contributed by atoms with Crippen molar-refractivity contribution in [1.82, 2.24) is 9.97 Å². The molecule has 2 aromatic rings. The Labute approximate surface area is 100 Å². The molecule has 0 unspecified atom stereocenters. The van der Waals surface area contributed by atoms with Crippen molar-refractivity contribution in [3.05, 3.63) is 45.3 Å². The largest absolute Gasteiger partial charge is 0.496 e. The van der Waals surface area contributed by atoms with Crippen molar-refractivity contribution in [3.63, 3.8) is 0 Å². The summed E-state index contributed by atoms with van der Waals surface area (Å²) in [6.45, 7) is 0. The number of aromatic amines is 1. The number of halogens is 1. The average Bonchev–Trinajstić information content (AvgIpc) is 2.29. The summed E-state index contributed by atoms with van der Waals surface area (Å²) in [6.07, 6.45) is 1.48. The highest BCUT2D eigenvalue weighted by Gasteiger charge is 2.04. The maximum absolute atomic E-state index is 11.1. The van der Waals surface area contributed by atoms with Crippen molar-refractivity contribution < 1.29 is 4.74 Å². The van der Waals surface area contributed by atoms with Gasteiger partial charge in [-0.1, -0.05) is 0 Å². The number of hydrogen-bond acceptors (Lipinski definition) is 3. The Kier molecular flexibility index (Phi) is 3.05. The first-order chi connectivity index (χ1) is 7.70. The van der Waals surface area contributed by atoms with Gasteiger partial charge in [0.25, 0.3) is 5.56 Å². The molecule has 0 spiro atoms. The molecule has 1 N–H and O–H groups in total. The summed E-state index contributed by atoms with van der Waals surface area (Å²) < 4.78 is 5.94. The molecule has 0 saturated carbocycles. The summed E-state index contributed by atoms with van der Waals surface area (Å²) in [5.74, 6) is 1.28. The molecule has 0 atom stereocenters. The van der Waals surface area contributed by atoms with E-state index in [0.29, 0.717) is 5.82 Å². The third kappa shape index (κ3) is 2.14. The van der Waals surface area contributed by atoms with Crippen LogP contribution in [0.5, 0.6) is 5.75 Å². The molecule has 1 heterocycles. The Morgan fingerprint density at radius 3 is 2.81 bits per heavy atom. The van der Waals surface area contributed by atoms with Crippen molar-refractivity contribution in [2.45, 2.75) is 0 Å². The van der Waals surface area contributed by atoms with Crippen LogP contribution in [0.4, 0.5) is 0 Å². The van der Waals surface area contributed by atoms with Crippen molar-refractivity contribution in [2.75, 3.05) is 7.11 Å². The average molecular weight is 281 g/mol. The first-order valence-corrected chi connectivity index (χ1v) is 5.39. The zero-order valence-corrected chi connectivity index (χ0v) is 10.1. The molecule has 0 bridgehead atoms. The Morgan fingerprint density at radius 2 is 2.19 bits per heavy atom. The lowest BCUT2D eigenvalue weighted by Gasteiger charge is -2.05. The summed E-state index contributed by atoms with van der Waals surface area (Å²) in [5.41, 5.74) is 0.655. The van der Waals surface area contributed by atoms with E-state index in [-0.39, 0.29) is 5.56 Å². The summed E-state index contributed by atoms with van der Waals surface area (Å²) >= 11 is 3.38. The predicted molar refractivity (Wildman–Crippen MR) is 64.5 cm³/mol. The van der Waals surface area contributed by atoms with Gasteiger partial charge < -0.3 is 9.72 Å². The third-order valence-corrected chi connectivity index (χ3v) is 2.72. The van der Waals surface area contributed by atoms with Gasteiger partial charge in [0, 0.05) is 17.8 Å². The topological polar surface area (TPSA) is 55.0 Å². The van der Waals surface area contributed by atoms with Gasteiger partial charge in [-0.05, 0) is 34.1 Å². The van der Waals surface area contributed by atoms with Gasteiger partial charge in [0.1, 0.15) is 11.6 Å². The van der Waals surface area contributed by atoms with E-state index in [1.807, 2.05) is 18.2 Å². The molecule has 5 heteroatoms. The minimum atomic E-state index is -0.169. The number of methoxy groups -OCH3 is 1. The lowest BCUT2D eigenvalue weighted by Crippen LogP contribution is -2.05. The highest BCUT2D eigenvalue weighted by molar-refractivity contribution is 9.10. The lowest BCUT2D eigenvalue weighted by molar-refractivity contribution is 0.412. The van der Waals surface area contributed by atoms with Crippen LogP contribution < -0.4 is 10.3 Å². The van der Waals surface area contributed by atoms with Gasteiger partial charge in [-0.15, -0.1) is 0 Å². The zero-order valence-electron chi connectivity index (χ0n) is 8.53. The van der Waals surface area contributed by atoms with Gasteiger partial charge in [-0.2, -0.15) is 0 Å². The highest BCUT2D eigenvalue weighted by atomic mass is 79.9. The van der Waals surface area contributed by atoms with Crippen molar-refractivity contribution >= 4 is 15.9 Å². The third-order valence-electron chi connectivity index (χ3n) is 2.10. The van der Waals surface area contributed by atoms with Crippen molar-refractivity contribution in [2.24, 2.45) is 0 Å². The van der Waals surface area contributed by atoms with Gasteiger partial charge in [0.2, 0.25) is 0 Å². The molecule has 1 aromatic heterocycles. The Bertz CT molecular complexity index is 566. The molecule has 1 aromatic carbocycles. The Hall–Kier alpha value is -1.62. The molecule has 82 valence electrons. The predicted octanol–water partition coefficient (Wildman–Crippen LogP) is 2.21. The van der Waals surface area contributed by atoms with Crippen molar-refractivity contribution in [1.29, 1.82) is 0 Å². The summed E-state index contributed by atoms with van der Waals surface area (Å²) in [6, 6.07) is 6.87. The second-order valence-electron chi connectivity index (χ2n) is 3.13. The van der Waals surface area contributed by atoms with E-state index in [1.54, 1.807) is 7.11 Å². The molecular formula is C11H9BrN2O2. The van der Waals surface area contributed by atoms with Gasteiger partial charge >= 0.3 is 0 Å². The second-order valence-corrected chi connectivity index (χ2v) is 3.99. The van der Waals surface area contributed by atoms with E-state index < -0.39 is 0 Å². The quantitative estimate of drug-likeness (QED) is 0.918. The molecule has 0 amide bonds. The normalized spacial score (nSPS) is 10.1. The van der Waals surface area contributed by atoms with Crippen LogP contribution in [-0.4, -0.2) is 17.1 Å². The zero-order chi connectivity index (χ0) is 11.5. The van der Waals surface area contributed by atoms with Crippen LogP contribution in [0.2, 0.25) is 0 Å². The fourth-order valence-electron chi connectivity index (χ4n) is 1.33. The van der Waals surface area contributed by atoms with Crippen LogP contribution >= 0.6 is 15.9 Å². The van der Waals surface area contributed by atoms with Crippen LogP contribution in [-0.2, 0) is 0 Å². The highest BCUT2D eigenvalue weighted by Crippen LogP contribution is 2.28. The molecule has 0 aliphatic carbocycles. The first kappa shape index (κ1) is 10.9. The number of rotatable bonds is 2. The summed E-state index contributed by atoms with van der Waals surface area (Å²) in [7, 11) is 1.60. The van der Waals surface area contributed by atoms with Crippen LogP contribution in [0.1, 0.15) is 0 Å². The van der Waals surface area contributed by atoms with Crippen LogP contribution in [0, 0.1) is 0 Å². The number of H-pyrrole nitrogens is 1. The minimum Gasteiger partial charge on any atom is -0.496 e. The number of benzene rings is 1. The maximum Gasteiger partial charge on any atom is 0.251 e. The molecule has 0 radical (unpaired) electrons. The van der Waals surface area contributed by atoms with Crippen LogP contribution in [0.3, 0.4) is 0 Å². The first-order valence-electron chi connectivity index (χ1n) is 4.60. The molecule has 4 nitrogen and oxygen atoms in total. The summed E-state index contributed by atoms with van der Waals surface area (Å²) in [4.78, 5) is 17.9. The molecule has 0 aliphatic rings. The standard InChI is InChI=1S/C11H9BrN2O2/c1-16-9-3-2-7(6-8(9)12)11-13-5-4-10(15)14-11/h2-6H,1H3,(H,13,14,15). The fourth-order valence-corrected chi connectivity index (χ4v) is 1.87. The summed E-state index contributed by atoms with van der Waals surface area (Å²) in [5, 5.41) is 0. The molecule has 0 aliphatic heterocycles. The van der Waals surface area contributed by atoms with E-state index in [1.165, 1.54) is 12.3 Å². The maximum atomic E-state index is 11.1. The molecular weight excluding hydrogens is 272 g/mol. The minimum absolute atomic E-state index is 0.169. The number of ether oxygens (including phenoxy) is 1. The molecule has 0 fully saturated rings. The monoisotopic (exact) mass is 280 g/mol. The van der Waals surface area contributed by atoms with Gasteiger partial charge in [0.15, 0.2) is 0 Å². The van der Waals surface area contributed by atoms with Gasteiger partial charge in [-0.25, -0.2) is 4.98 Å². The molecule has 16 heavy (non-hydrogen) atoms. The second kappa shape index (κ2) is 4.49. The van der Waals surface area contributed by atoms with Crippen LogP contribution in [0.25, 0.3) is 11.4 Å². The molecule has 0 saturated heterocycles. The smallest absolute Gasteiger partial charge is 0.251 e. The van der Waals surface area contributed by atoms with E-state index in [9.17, 15) is 4.79 Å². The van der Waals surface area contributed by atoms with Crippen LogP contribution in [0.15, 0.2) is 39.7 Å². The number of aromatic nitrogens is 2. The van der Waals surface area contributed by atoms with E-state index in [2.05, 4.69) is 25.9 Å². The van der Waals surface area contributed by atoms with E-state index in [4.69, 9.17) is 4.74 Å². The number of hydrogen-bond donors (Lipinski definition) is 1. The van der Waals surface area contributed by atoms with E-state index in [0.717, 1.165) is 15.8 Å². The fraction of sp³-hybridized carbons (Fsp3) is 0.0909.